The molecule has 1 aliphatic rings. The molecule has 0 bridgehead atoms. The summed E-state index contributed by atoms with van der Waals surface area (Å²) in [5.74, 6) is 0.546. The molecule has 0 radical (unpaired) electrons. The minimum atomic E-state index is -0.579. The van der Waals surface area contributed by atoms with E-state index in [1.54, 1.807) is 11.0 Å². The Bertz CT molecular complexity index is 512. The number of primary amides is 1. The summed E-state index contributed by atoms with van der Waals surface area (Å²) in [5, 5.41) is 3.86. The van der Waals surface area contributed by atoms with Crippen LogP contribution in [0.2, 0.25) is 10.0 Å². The molecule has 1 unspecified atom stereocenters. The Morgan fingerprint density at radius 3 is 3.00 bits per heavy atom. The predicted molar refractivity (Wildman–Crippen MR) is 79.6 cm³/mol. The van der Waals surface area contributed by atoms with E-state index in [1.165, 1.54) is 0 Å². The highest BCUT2D eigenvalue weighted by Crippen LogP contribution is 2.33. The van der Waals surface area contributed by atoms with Crippen molar-refractivity contribution in [3.8, 4) is 0 Å². The maximum absolute atomic E-state index is 11.5. The number of aromatic nitrogens is 1. The fourth-order valence-corrected chi connectivity index (χ4v) is 2.58. The van der Waals surface area contributed by atoms with Gasteiger partial charge in [-0.2, -0.15) is 0 Å². The van der Waals surface area contributed by atoms with Crippen LogP contribution in [0.4, 0.5) is 11.6 Å². The SMILES string of the molecule is CCNc1nc(N2CCOCC2C(N)=O)c(Cl)cc1Cl. The standard InChI is InChI=1S/C12H16Cl2N4O2/c1-2-16-11-7(13)5-8(14)12(17-11)18-3-4-20-6-9(18)10(15)19/h5,9H,2-4,6H2,1H3,(H2,15,19)(H,16,17). The first kappa shape index (κ1) is 15.2. The summed E-state index contributed by atoms with van der Waals surface area (Å²) in [6.07, 6.45) is 0. The minimum Gasteiger partial charge on any atom is -0.377 e. The van der Waals surface area contributed by atoms with Crippen molar-refractivity contribution in [2.24, 2.45) is 5.73 Å². The lowest BCUT2D eigenvalue weighted by molar-refractivity contribution is -0.121. The molecule has 1 amide bonds. The first-order chi connectivity index (χ1) is 9.54. The highest BCUT2D eigenvalue weighted by Gasteiger charge is 2.30. The summed E-state index contributed by atoms with van der Waals surface area (Å²) in [6.45, 7) is 3.82. The van der Waals surface area contributed by atoms with Gasteiger partial charge in [0.2, 0.25) is 5.91 Å². The van der Waals surface area contributed by atoms with Crippen LogP contribution >= 0.6 is 23.2 Å². The Morgan fingerprint density at radius 2 is 2.35 bits per heavy atom. The van der Waals surface area contributed by atoms with Crippen molar-refractivity contribution in [1.29, 1.82) is 0 Å². The molecule has 2 heterocycles. The van der Waals surface area contributed by atoms with Crippen molar-refractivity contribution in [2.45, 2.75) is 13.0 Å². The van der Waals surface area contributed by atoms with Crippen LogP contribution < -0.4 is 16.0 Å². The lowest BCUT2D eigenvalue weighted by Crippen LogP contribution is -2.53. The largest absolute Gasteiger partial charge is 0.377 e. The molecule has 0 aliphatic carbocycles. The van der Waals surface area contributed by atoms with Crippen LogP contribution in [-0.4, -0.2) is 43.2 Å². The van der Waals surface area contributed by atoms with Gasteiger partial charge in [-0.05, 0) is 13.0 Å². The average molecular weight is 319 g/mol. The number of halogens is 2. The number of amides is 1. The number of nitrogens with two attached hydrogens (primary N) is 1. The summed E-state index contributed by atoms with van der Waals surface area (Å²) in [7, 11) is 0. The number of ether oxygens (including phenoxy) is 1. The van der Waals surface area contributed by atoms with E-state index in [4.69, 9.17) is 33.7 Å². The molecule has 110 valence electrons. The van der Waals surface area contributed by atoms with Gasteiger partial charge in [0.05, 0.1) is 23.3 Å². The van der Waals surface area contributed by atoms with Crippen LogP contribution in [0.1, 0.15) is 6.92 Å². The molecule has 20 heavy (non-hydrogen) atoms. The molecule has 1 aliphatic heterocycles. The zero-order valence-corrected chi connectivity index (χ0v) is 12.5. The van der Waals surface area contributed by atoms with Crippen molar-refractivity contribution in [1.82, 2.24) is 4.98 Å². The third-order valence-electron chi connectivity index (χ3n) is 2.98. The highest BCUT2D eigenvalue weighted by molar-refractivity contribution is 6.37. The van der Waals surface area contributed by atoms with Crippen molar-refractivity contribution >= 4 is 40.7 Å². The molecule has 0 saturated carbocycles. The van der Waals surface area contributed by atoms with Crippen LogP contribution in [0.25, 0.3) is 0 Å². The number of carbonyl (C=O) groups excluding carboxylic acids is 1. The topological polar surface area (TPSA) is 80.5 Å². The summed E-state index contributed by atoms with van der Waals surface area (Å²) in [5.41, 5.74) is 5.40. The molecule has 1 fully saturated rings. The summed E-state index contributed by atoms with van der Waals surface area (Å²) in [4.78, 5) is 17.7. The number of morpholine rings is 1. The van der Waals surface area contributed by atoms with Gasteiger partial charge in [0.25, 0.3) is 0 Å². The van der Waals surface area contributed by atoms with E-state index in [1.807, 2.05) is 6.92 Å². The van der Waals surface area contributed by atoms with E-state index in [2.05, 4.69) is 10.3 Å². The van der Waals surface area contributed by atoms with Crippen molar-refractivity contribution in [2.75, 3.05) is 36.5 Å². The van der Waals surface area contributed by atoms with Gasteiger partial charge >= 0.3 is 0 Å². The maximum Gasteiger partial charge on any atom is 0.242 e. The number of hydrogen-bond donors (Lipinski definition) is 2. The molecule has 2 rings (SSSR count). The number of pyridine rings is 1. The van der Waals surface area contributed by atoms with Gasteiger partial charge in [-0.1, -0.05) is 23.2 Å². The minimum absolute atomic E-state index is 0.229. The number of rotatable bonds is 4. The Kier molecular flexibility index (Phi) is 4.91. The second-order valence-electron chi connectivity index (χ2n) is 4.34. The Hall–Kier alpha value is -1.24. The van der Waals surface area contributed by atoms with Crippen molar-refractivity contribution < 1.29 is 9.53 Å². The van der Waals surface area contributed by atoms with Crippen LogP contribution in [0.5, 0.6) is 0 Å². The van der Waals surface area contributed by atoms with Crippen molar-refractivity contribution in [3.05, 3.63) is 16.1 Å². The zero-order chi connectivity index (χ0) is 14.7. The number of anilines is 2. The van der Waals surface area contributed by atoms with Gasteiger partial charge in [0.15, 0.2) is 5.82 Å². The van der Waals surface area contributed by atoms with Gasteiger partial charge in [-0.3, -0.25) is 4.79 Å². The quantitative estimate of drug-likeness (QED) is 0.879. The number of hydrogen-bond acceptors (Lipinski definition) is 5. The van der Waals surface area contributed by atoms with Gasteiger partial charge in [-0.25, -0.2) is 4.98 Å². The maximum atomic E-state index is 11.5. The van der Waals surface area contributed by atoms with Gasteiger partial charge in [0.1, 0.15) is 11.9 Å². The third kappa shape index (κ3) is 3.08. The van der Waals surface area contributed by atoms with Gasteiger partial charge < -0.3 is 20.7 Å². The summed E-state index contributed by atoms with van der Waals surface area (Å²) in [6, 6.07) is 1.03. The lowest BCUT2D eigenvalue weighted by Gasteiger charge is -2.35. The van der Waals surface area contributed by atoms with Crippen LogP contribution in [0.3, 0.4) is 0 Å². The van der Waals surface area contributed by atoms with Gasteiger partial charge in [0, 0.05) is 13.1 Å². The fourth-order valence-electron chi connectivity index (χ4n) is 2.04. The van der Waals surface area contributed by atoms with Crippen LogP contribution in [-0.2, 0) is 9.53 Å². The Morgan fingerprint density at radius 1 is 1.60 bits per heavy atom. The first-order valence-corrected chi connectivity index (χ1v) is 7.03. The summed E-state index contributed by atoms with van der Waals surface area (Å²) < 4.78 is 5.28. The van der Waals surface area contributed by atoms with Crippen molar-refractivity contribution in [3.63, 3.8) is 0 Å². The first-order valence-electron chi connectivity index (χ1n) is 6.28. The molecule has 1 aromatic heterocycles. The van der Waals surface area contributed by atoms with Crippen LogP contribution in [0, 0.1) is 0 Å². The average Bonchev–Trinajstić information content (AvgIpc) is 2.42. The Balaban J connectivity index is 2.39. The molecule has 6 nitrogen and oxygen atoms in total. The highest BCUT2D eigenvalue weighted by atomic mass is 35.5. The fraction of sp³-hybridized carbons (Fsp3) is 0.500. The lowest BCUT2D eigenvalue weighted by atomic mass is 10.2. The predicted octanol–water partition coefficient (Wildman–Crippen LogP) is 1.51. The van der Waals surface area contributed by atoms with Gasteiger partial charge in [-0.15, -0.1) is 0 Å². The second kappa shape index (κ2) is 6.47. The normalized spacial score (nSPS) is 18.9. The number of nitrogens with zero attached hydrogens (tertiary/aromatic N) is 2. The molecule has 8 heteroatoms. The molecular weight excluding hydrogens is 303 g/mol. The molecule has 0 spiro atoms. The molecule has 0 aromatic carbocycles. The molecule has 1 saturated heterocycles. The molecule has 3 N–H and O–H groups in total. The molecular formula is C12H16Cl2N4O2. The van der Waals surface area contributed by atoms with E-state index in [0.29, 0.717) is 41.4 Å². The zero-order valence-electron chi connectivity index (χ0n) is 11.0. The second-order valence-corrected chi connectivity index (χ2v) is 5.16. The molecule has 1 atom stereocenters. The number of carbonyl (C=O) groups is 1. The van der Waals surface area contributed by atoms with E-state index in [-0.39, 0.29) is 6.61 Å². The summed E-state index contributed by atoms with van der Waals surface area (Å²) >= 11 is 12.3. The van der Waals surface area contributed by atoms with Crippen LogP contribution in [0.15, 0.2) is 6.07 Å². The third-order valence-corrected chi connectivity index (χ3v) is 3.55. The monoisotopic (exact) mass is 318 g/mol. The van der Waals surface area contributed by atoms with E-state index >= 15 is 0 Å². The number of nitrogens with one attached hydrogen (secondary N) is 1. The Labute approximate surface area is 127 Å². The molecule has 1 aromatic rings. The van der Waals surface area contributed by atoms with E-state index in [0.717, 1.165) is 0 Å². The smallest absolute Gasteiger partial charge is 0.242 e. The van der Waals surface area contributed by atoms with E-state index < -0.39 is 11.9 Å². The van der Waals surface area contributed by atoms with E-state index in [9.17, 15) is 4.79 Å².